The second-order valence-corrected chi connectivity index (χ2v) is 5.37. The van der Waals surface area contributed by atoms with Crippen LogP contribution in [0.15, 0.2) is 48.5 Å². The number of hydrogen-bond donors (Lipinski definition) is 1. The van der Waals surface area contributed by atoms with Gasteiger partial charge in [0.05, 0.1) is 6.04 Å². The van der Waals surface area contributed by atoms with Gasteiger partial charge in [0.25, 0.3) is 0 Å². The summed E-state index contributed by atoms with van der Waals surface area (Å²) in [6.07, 6.45) is 2.59. The van der Waals surface area contributed by atoms with Gasteiger partial charge in [-0.3, -0.25) is 0 Å². The van der Waals surface area contributed by atoms with Crippen LogP contribution in [-0.4, -0.2) is 0 Å². The topological polar surface area (TPSA) is 26.0 Å². The minimum absolute atomic E-state index is 0.0564. The summed E-state index contributed by atoms with van der Waals surface area (Å²) in [4.78, 5) is 0. The third-order valence-corrected chi connectivity index (χ3v) is 3.83. The summed E-state index contributed by atoms with van der Waals surface area (Å²) in [6, 6.07) is 16.3. The Kier molecular flexibility index (Phi) is 3.11. The Balaban J connectivity index is 1.96. The van der Waals surface area contributed by atoms with E-state index in [0.717, 1.165) is 16.5 Å². The number of nitrogens with two attached hydrogens (primary N) is 1. The predicted molar refractivity (Wildman–Crippen MR) is 75.9 cm³/mol. The van der Waals surface area contributed by atoms with Crippen LogP contribution in [0.5, 0.6) is 0 Å². The summed E-state index contributed by atoms with van der Waals surface area (Å²) < 4.78 is 0. The van der Waals surface area contributed by atoms with Gasteiger partial charge in [0.15, 0.2) is 0 Å². The van der Waals surface area contributed by atoms with Gasteiger partial charge < -0.3 is 5.73 Å². The fourth-order valence-corrected chi connectivity index (χ4v) is 2.54. The molecule has 1 aliphatic carbocycles. The van der Waals surface area contributed by atoms with Gasteiger partial charge in [0.2, 0.25) is 0 Å². The highest BCUT2D eigenvalue weighted by atomic mass is 35.5. The Labute approximate surface area is 113 Å². The predicted octanol–water partition coefficient (Wildman–Crippen LogP) is 4.27. The van der Waals surface area contributed by atoms with Crippen molar-refractivity contribution in [2.45, 2.75) is 24.8 Å². The first kappa shape index (κ1) is 11.8. The third-order valence-electron chi connectivity index (χ3n) is 3.58. The zero-order valence-electron chi connectivity index (χ0n) is 10.1. The van der Waals surface area contributed by atoms with Crippen LogP contribution >= 0.6 is 11.6 Å². The molecule has 1 atom stereocenters. The van der Waals surface area contributed by atoms with Gasteiger partial charge >= 0.3 is 0 Å². The quantitative estimate of drug-likeness (QED) is 0.873. The van der Waals surface area contributed by atoms with E-state index in [9.17, 15) is 0 Å². The molecular formula is C16H16ClN. The molecule has 3 rings (SSSR count). The van der Waals surface area contributed by atoms with Crippen LogP contribution in [0.1, 0.15) is 41.5 Å². The maximum absolute atomic E-state index is 6.39. The van der Waals surface area contributed by atoms with E-state index < -0.39 is 0 Å². The van der Waals surface area contributed by atoms with Crippen LogP contribution in [0.3, 0.4) is 0 Å². The van der Waals surface area contributed by atoms with Gasteiger partial charge in [-0.1, -0.05) is 48.0 Å². The summed E-state index contributed by atoms with van der Waals surface area (Å²) in [7, 11) is 0. The third kappa shape index (κ3) is 2.29. The first-order valence-corrected chi connectivity index (χ1v) is 6.73. The molecule has 1 saturated carbocycles. The van der Waals surface area contributed by atoms with Gasteiger partial charge in [0, 0.05) is 5.02 Å². The average Bonchev–Trinajstić information content (AvgIpc) is 3.23. The van der Waals surface area contributed by atoms with E-state index in [1.54, 1.807) is 0 Å². The van der Waals surface area contributed by atoms with E-state index in [1.807, 2.05) is 24.3 Å². The summed E-state index contributed by atoms with van der Waals surface area (Å²) >= 11 is 5.91. The van der Waals surface area contributed by atoms with Crippen molar-refractivity contribution in [1.29, 1.82) is 0 Å². The number of rotatable bonds is 3. The van der Waals surface area contributed by atoms with Gasteiger partial charge in [0.1, 0.15) is 0 Å². The second kappa shape index (κ2) is 4.75. The van der Waals surface area contributed by atoms with Crippen LogP contribution in [0, 0.1) is 0 Å². The van der Waals surface area contributed by atoms with Crippen molar-refractivity contribution >= 4 is 11.6 Å². The largest absolute Gasteiger partial charge is 0.320 e. The first-order valence-electron chi connectivity index (χ1n) is 6.35. The van der Waals surface area contributed by atoms with Crippen molar-refractivity contribution in [3.63, 3.8) is 0 Å². The fourth-order valence-electron chi connectivity index (χ4n) is 2.41. The lowest BCUT2D eigenvalue weighted by molar-refractivity contribution is 0.847. The standard InChI is InChI=1S/C16H16ClN/c17-13-9-7-12(8-10-13)16(18)15-4-2-1-3-14(15)11-5-6-11/h1-4,7-11,16H,5-6,18H2/t16-/m0/s1. The molecule has 0 spiro atoms. The molecule has 2 aromatic carbocycles. The van der Waals surface area contributed by atoms with Crippen molar-refractivity contribution in [1.82, 2.24) is 0 Å². The Hall–Kier alpha value is -1.31. The minimum atomic E-state index is -0.0564. The van der Waals surface area contributed by atoms with Crippen LogP contribution in [0.2, 0.25) is 5.02 Å². The lowest BCUT2D eigenvalue weighted by Gasteiger charge is -2.16. The normalized spacial score (nSPS) is 16.6. The molecule has 1 fully saturated rings. The molecule has 0 aliphatic heterocycles. The molecule has 0 aromatic heterocycles. The molecule has 1 aliphatic rings. The van der Waals surface area contributed by atoms with E-state index in [-0.39, 0.29) is 6.04 Å². The van der Waals surface area contributed by atoms with E-state index >= 15 is 0 Å². The van der Waals surface area contributed by atoms with E-state index in [4.69, 9.17) is 17.3 Å². The Bertz CT molecular complexity index is 543. The lowest BCUT2D eigenvalue weighted by atomic mass is 9.93. The van der Waals surface area contributed by atoms with Gasteiger partial charge in [-0.15, -0.1) is 0 Å². The molecule has 1 nitrogen and oxygen atoms in total. The molecule has 0 heterocycles. The van der Waals surface area contributed by atoms with E-state index in [1.165, 1.54) is 24.0 Å². The highest BCUT2D eigenvalue weighted by Crippen LogP contribution is 2.43. The molecule has 0 amide bonds. The molecule has 0 radical (unpaired) electrons. The van der Waals surface area contributed by atoms with Gasteiger partial charge in [-0.2, -0.15) is 0 Å². The number of halogens is 1. The van der Waals surface area contributed by atoms with Gasteiger partial charge in [-0.05, 0) is 47.6 Å². The number of benzene rings is 2. The van der Waals surface area contributed by atoms with Crippen LogP contribution < -0.4 is 5.73 Å². The highest BCUT2D eigenvalue weighted by molar-refractivity contribution is 6.30. The summed E-state index contributed by atoms with van der Waals surface area (Å²) in [5, 5.41) is 0.751. The van der Waals surface area contributed by atoms with Crippen LogP contribution in [0.25, 0.3) is 0 Å². The maximum atomic E-state index is 6.39. The van der Waals surface area contributed by atoms with E-state index in [2.05, 4.69) is 24.3 Å². The summed E-state index contributed by atoms with van der Waals surface area (Å²) in [5.41, 5.74) is 10.2. The monoisotopic (exact) mass is 257 g/mol. The first-order chi connectivity index (χ1) is 8.75. The van der Waals surface area contributed by atoms with Crippen molar-refractivity contribution in [3.8, 4) is 0 Å². The average molecular weight is 258 g/mol. The number of hydrogen-bond acceptors (Lipinski definition) is 1. The van der Waals surface area contributed by atoms with Crippen LogP contribution in [-0.2, 0) is 0 Å². The second-order valence-electron chi connectivity index (χ2n) is 4.93. The maximum Gasteiger partial charge on any atom is 0.0554 e. The summed E-state index contributed by atoms with van der Waals surface area (Å²) in [5.74, 6) is 0.722. The molecule has 0 unspecified atom stereocenters. The Morgan fingerprint density at radius 1 is 1.00 bits per heavy atom. The van der Waals surface area contributed by atoms with Gasteiger partial charge in [-0.25, -0.2) is 0 Å². The smallest absolute Gasteiger partial charge is 0.0554 e. The molecule has 2 N–H and O–H groups in total. The van der Waals surface area contributed by atoms with Crippen molar-refractivity contribution in [2.24, 2.45) is 5.73 Å². The fraction of sp³-hybridized carbons (Fsp3) is 0.250. The SMILES string of the molecule is N[C@@H](c1ccc(Cl)cc1)c1ccccc1C1CC1. The Morgan fingerprint density at radius 3 is 2.33 bits per heavy atom. The molecule has 92 valence electrons. The van der Waals surface area contributed by atoms with Crippen molar-refractivity contribution in [3.05, 3.63) is 70.2 Å². The molecule has 2 aromatic rings. The lowest BCUT2D eigenvalue weighted by Crippen LogP contribution is -2.13. The molecular weight excluding hydrogens is 242 g/mol. The highest BCUT2D eigenvalue weighted by Gasteiger charge is 2.27. The van der Waals surface area contributed by atoms with Crippen molar-refractivity contribution in [2.75, 3.05) is 0 Å². The molecule has 2 heteroatoms. The minimum Gasteiger partial charge on any atom is -0.320 e. The van der Waals surface area contributed by atoms with Crippen molar-refractivity contribution < 1.29 is 0 Å². The zero-order valence-corrected chi connectivity index (χ0v) is 10.9. The zero-order chi connectivity index (χ0) is 12.5. The molecule has 0 bridgehead atoms. The molecule has 0 saturated heterocycles. The Morgan fingerprint density at radius 2 is 1.67 bits per heavy atom. The van der Waals surface area contributed by atoms with E-state index in [0.29, 0.717) is 0 Å². The van der Waals surface area contributed by atoms with Crippen LogP contribution in [0.4, 0.5) is 0 Å². The molecule has 18 heavy (non-hydrogen) atoms. The summed E-state index contributed by atoms with van der Waals surface area (Å²) in [6.45, 7) is 0.